The summed E-state index contributed by atoms with van der Waals surface area (Å²) >= 11 is 3.08. The molecule has 5 heteroatoms. The molecule has 3 rings (SSSR count). The van der Waals surface area contributed by atoms with Gasteiger partial charge in [0.2, 0.25) is 0 Å². The topological polar surface area (TPSA) is 48.1 Å². The maximum absolute atomic E-state index is 13.5. The Bertz CT molecular complexity index is 792. The molecule has 3 nitrogen and oxygen atoms in total. The van der Waals surface area contributed by atoms with E-state index in [1.165, 1.54) is 12.1 Å². The van der Waals surface area contributed by atoms with Crippen LogP contribution in [0.4, 0.5) is 10.1 Å². The Morgan fingerprint density at radius 1 is 1.15 bits per heavy atom. The SMILES string of the molecule is Nc1cc(Br)c(F)cc1Oc1cnc2ccccc2c1. The Kier molecular flexibility index (Phi) is 3.28. The maximum atomic E-state index is 13.5. The van der Waals surface area contributed by atoms with Crippen molar-refractivity contribution in [1.82, 2.24) is 4.98 Å². The second kappa shape index (κ2) is 5.09. The largest absolute Gasteiger partial charge is 0.453 e. The second-order valence-corrected chi connectivity index (χ2v) is 5.12. The van der Waals surface area contributed by atoms with Gasteiger partial charge in [0.15, 0.2) is 5.75 Å². The van der Waals surface area contributed by atoms with Gasteiger partial charge >= 0.3 is 0 Å². The lowest BCUT2D eigenvalue weighted by Gasteiger charge is -2.09. The monoisotopic (exact) mass is 332 g/mol. The van der Waals surface area contributed by atoms with Crippen LogP contribution in [-0.4, -0.2) is 4.98 Å². The summed E-state index contributed by atoms with van der Waals surface area (Å²) in [6.07, 6.45) is 1.59. The molecule has 1 heterocycles. The highest BCUT2D eigenvalue weighted by Gasteiger charge is 2.08. The number of ether oxygens (including phenoxy) is 1. The molecule has 20 heavy (non-hydrogen) atoms. The first-order chi connectivity index (χ1) is 9.63. The standard InChI is InChI=1S/C15H10BrFN2O/c16-11-6-13(18)15(7-12(11)17)20-10-5-9-3-1-2-4-14(9)19-8-10/h1-8H,18H2. The quantitative estimate of drug-likeness (QED) is 0.702. The minimum Gasteiger partial charge on any atom is -0.453 e. The Morgan fingerprint density at radius 3 is 2.80 bits per heavy atom. The van der Waals surface area contributed by atoms with Gasteiger partial charge in [0.05, 0.1) is 21.9 Å². The van der Waals surface area contributed by atoms with Crippen molar-refractivity contribution in [1.29, 1.82) is 0 Å². The number of hydrogen-bond acceptors (Lipinski definition) is 3. The number of nitrogen functional groups attached to an aromatic ring is 1. The Morgan fingerprint density at radius 2 is 1.95 bits per heavy atom. The van der Waals surface area contributed by atoms with E-state index < -0.39 is 5.82 Å². The molecular formula is C15H10BrFN2O. The third kappa shape index (κ3) is 2.44. The summed E-state index contributed by atoms with van der Waals surface area (Å²) in [4.78, 5) is 4.28. The van der Waals surface area contributed by atoms with Crippen molar-refractivity contribution in [3.63, 3.8) is 0 Å². The van der Waals surface area contributed by atoms with Crippen molar-refractivity contribution in [2.24, 2.45) is 0 Å². The Balaban J connectivity index is 1.99. The summed E-state index contributed by atoms with van der Waals surface area (Å²) in [6.45, 7) is 0. The first-order valence-electron chi connectivity index (χ1n) is 5.90. The molecule has 0 bridgehead atoms. The zero-order valence-electron chi connectivity index (χ0n) is 10.3. The van der Waals surface area contributed by atoms with Crippen molar-refractivity contribution in [3.8, 4) is 11.5 Å². The van der Waals surface area contributed by atoms with Gasteiger partial charge in [0, 0.05) is 11.5 Å². The first kappa shape index (κ1) is 12.9. The van der Waals surface area contributed by atoms with Crippen LogP contribution in [0.3, 0.4) is 0 Å². The van der Waals surface area contributed by atoms with Gasteiger partial charge in [0.1, 0.15) is 11.6 Å². The summed E-state index contributed by atoms with van der Waals surface area (Å²) in [5.74, 6) is 0.350. The Labute approximate surface area is 123 Å². The van der Waals surface area contributed by atoms with Crippen LogP contribution < -0.4 is 10.5 Å². The van der Waals surface area contributed by atoms with E-state index in [2.05, 4.69) is 20.9 Å². The summed E-state index contributed by atoms with van der Waals surface area (Å²) in [6, 6.07) is 12.2. The van der Waals surface area contributed by atoms with E-state index in [4.69, 9.17) is 10.5 Å². The highest BCUT2D eigenvalue weighted by molar-refractivity contribution is 9.10. The van der Waals surface area contributed by atoms with Gasteiger partial charge in [0.25, 0.3) is 0 Å². The molecule has 2 aromatic carbocycles. The van der Waals surface area contributed by atoms with Crippen molar-refractivity contribution < 1.29 is 9.13 Å². The minimum absolute atomic E-state index is 0.266. The van der Waals surface area contributed by atoms with Crippen LogP contribution in [0.5, 0.6) is 11.5 Å². The van der Waals surface area contributed by atoms with Gasteiger partial charge in [-0.15, -0.1) is 0 Å². The van der Waals surface area contributed by atoms with Crippen molar-refractivity contribution >= 4 is 32.5 Å². The molecule has 2 N–H and O–H groups in total. The number of nitrogens with two attached hydrogens (primary N) is 1. The van der Waals surface area contributed by atoms with E-state index in [9.17, 15) is 4.39 Å². The predicted molar refractivity (Wildman–Crippen MR) is 80.3 cm³/mol. The highest BCUT2D eigenvalue weighted by atomic mass is 79.9. The van der Waals surface area contributed by atoms with Gasteiger partial charge in [-0.25, -0.2) is 4.39 Å². The third-order valence-corrected chi connectivity index (χ3v) is 3.45. The van der Waals surface area contributed by atoms with Crippen LogP contribution in [0.2, 0.25) is 0 Å². The van der Waals surface area contributed by atoms with Gasteiger partial charge in [-0.2, -0.15) is 0 Å². The normalized spacial score (nSPS) is 10.7. The van der Waals surface area contributed by atoms with Gasteiger partial charge in [-0.05, 0) is 34.1 Å². The van der Waals surface area contributed by atoms with Crippen molar-refractivity contribution in [2.45, 2.75) is 0 Å². The van der Waals surface area contributed by atoms with Gasteiger partial charge in [-0.3, -0.25) is 4.98 Å². The molecule has 0 unspecified atom stereocenters. The van der Waals surface area contributed by atoms with Crippen LogP contribution in [0.25, 0.3) is 10.9 Å². The number of halogens is 2. The average Bonchev–Trinajstić information content (AvgIpc) is 2.44. The van der Waals surface area contributed by atoms with Crippen LogP contribution in [-0.2, 0) is 0 Å². The number of hydrogen-bond donors (Lipinski definition) is 1. The molecular weight excluding hydrogens is 323 g/mol. The van der Waals surface area contributed by atoms with E-state index in [0.717, 1.165) is 10.9 Å². The molecule has 0 radical (unpaired) electrons. The number of aromatic nitrogens is 1. The molecule has 0 spiro atoms. The van der Waals surface area contributed by atoms with E-state index in [1.54, 1.807) is 6.20 Å². The van der Waals surface area contributed by atoms with E-state index in [-0.39, 0.29) is 5.75 Å². The smallest absolute Gasteiger partial charge is 0.153 e. The van der Waals surface area contributed by atoms with Crippen LogP contribution in [0, 0.1) is 5.82 Å². The lowest BCUT2D eigenvalue weighted by Crippen LogP contribution is -1.94. The summed E-state index contributed by atoms with van der Waals surface area (Å²) in [7, 11) is 0. The number of pyridine rings is 1. The molecule has 0 fully saturated rings. The van der Waals surface area contributed by atoms with Gasteiger partial charge in [-0.1, -0.05) is 18.2 Å². The molecule has 100 valence electrons. The maximum Gasteiger partial charge on any atom is 0.153 e. The van der Waals surface area contributed by atoms with Gasteiger partial charge < -0.3 is 10.5 Å². The van der Waals surface area contributed by atoms with Crippen molar-refractivity contribution in [2.75, 3.05) is 5.73 Å². The molecule has 1 aromatic heterocycles. The molecule has 0 saturated heterocycles. The number of fused-ring (bicyclic) bond motifs is 1. The van der Waals surface area contributed by atoms with Crippen molar-refractivity contribution in [3.05, 3.63) is 59.0 Å². The second-order valence-electron chi connectivity index (χ2n) is 4.27. The molecule has 0 aliphatic rings. The molecule has 0 aliphatic carbocycles. The number of benzene rings is 2. The van der Waals surface area contributed by atoms with Crippen LogP contribution in [0.1, 0.15) is 0 Å². The average molecular weight is 333 g/mol. The fourth-order valence-corrected chi connectivity index (χ4v) is 2.23. The fraction of sp³-hybridized carbons (Fsp3) is 0. The van der Waals surface area contributed by atoms with E-state index >= 15 is 0 Å². The number of anilines is 1. The number of para-hydroxylation sites is 1. The van der Waals surface area contributed by atoms with Crippen LogP contribution in [0.15, 0.2) is 53.1 Å². The lowest BCUT2D eigenvalue weighted by molar-refractivity contribution is 0.477. The third-order valence-electron chi connectivity index (χ3n) is 2.85. The zero-order chi connectivity index (χ0) is 14.1. The molecule has 0 amide bonds. The first-order valence-corrected chi connectivity index (χ1v) is 6.70. The lowest BCUT2D eigenvalue weighted by atomic mass is 10.2. The summed E-state index contributed by atoms with van der Waals surface area (Å²) < 4.78 is 19.4. The predicted octanol–water partition coefficient (Wildman–Crippen LogP) is 4.51. The van der Waals surface area contributed by atoms with E-state index in [1.807, 2.05) is 30.3 Å². The molecule has 0 saturated carbocycles. The van der Waals surface area contributed by atoms with Crippen LogP contribution >= 0.6 is 15.9 Å². The number of rotatable bonds is 2. The molecule has 3 aromatic rings. The minimum atomic E-state index is -0.428. The number of nitrogens with zero attached hydrogens (tertiary/aromatic N) is 1. The zero-order valence-corrected chi connectivity index (χ0v) is 11.9. The molecule has 0 atom stereocenters. The highest BCUT2D eigenvalue weighted by Crippen LogP contribution is 2.32. The summed E-state index contributed by atoms with van der Waals surface area (Å²) in [5.41, 5.74) is 7.03. The Hall–Kier alpha value is -2.14. The van der Waals surface area contributed by atoms with E-state index in [0.29, 0.717) is 15.9 Å². The summed E-state index contributed by atoms with van der Waals surface area (Å²) in [5, 5.41) is 0.946. The molecule has 0 aliphatic heterocycles. The fourth-order valence-electron chi connectivity index (χ4n) is 1.87.